The lowest BCUT2D eigenvalue weighted by molar-refractivity contribution is -0.192. The van der Waals surface area contributed by atoms with E-state index in [9.17, 15) is 13.2 Å². The highest BCUT2D eigenvalue weighted by Crippen LogP contribution is 2.13. The molecule has 0 aromatic heterocycles. The number of alkyl halides is 3. The molecule has 1 atom stereocenters. The summed E-state index contributed by atoms with van der Waals surface area (Å²) in [5, 5.41) is 7.59. The van der Waals surface area contributed by atoms with Gasteiger partial charge < -0.3 is 10.8 Å². The lowest BCUT2D eigenvalue weighted by Crippen LogP contribution is -2.21. The third kappa shape index (κ3) is 14.4. The van der Waals surface area contributed by atoms with Gasteiger partial charge in [0.05, 0.1) is 0 Å². The second kappa shape index (κ2) is 7.02. The minimum Gasteiger partial charge on any atom is -0.475 e. The summed E-state index contributed by atoms with van der Waals surface area (Å²) in [5.74, 6) is -2.76. The van der Waals surface area contributed by atoms with Crippen molar-refractivity contribution in [3.05, 3.63) is 0 Å². The Kier molecular flexibility index (Phi) is 8.13. The molecule has 3 nitrogen and oxygen atoms in total. The molecule has 0 amide bonds. The number of nitrogens with two attached hydrogens (primary N) is 1. The number of carboxylic acid groups (broad SMARTS) is 1. The molecule has 0 aliphatic rings. The van der Waals surface area contributed by atoms with Gasteiger partial charge in [0.1, 0.15) is 0 Å². The summed E-state index contributed by atoms with van der Waals surface area (Å²) in [6.45, 7) is 2.79. The Morgan fingerprint density at radius 2 is 1.92 bits per heavy atom. The Bertz CT molecular complexity index is 149. The number of hydrogen-bond acceptors (Lipinski definition) is 3. The Balaban J connectivity index is 0. The van der Waals surface area contributed by atoms with Crippen LogP contribution in [0.25, 0.3) is 0 Å². The Morgan fingerprint density at radius 1 is 1.62 bits per heavy atom. The van der Waals surface area contributed by atoms with Crippen molar-refractivity contribution in [3.8, 4) is 0 Å². The molecular weight excluding hydrogens is 207 g/mol. The first-order valence-electron chi connectivity index (χ1n) is 3.40. The average Bonchev–Trinajstić information content (AvgIpc) is 1.85. The van der Waals surface area contributed by atoms with E-state index >= 15 is 0 Å². The number of carboxylic acids is 1. The molecule has 0 rings (SSSR count). The zero-order chi connectivity index (χ0) is 11.1. The summed E-state index contributed by atoms with van der Waals surface area (Å²) < 4.78 is 31.7. The molecular formula is C6H12F3NO2S. The van der Waals surface area contributed by atoms with Crippen molar-refractivity contribution in [2.24, 2.45) is 5.73 Å². The first kappa shape index (κ1) is 15.1. The summed E-state index contributed by atoms with van der Waals surface area (Å²) in [7, 11) is 0. The Morgan fingerprint density at radius 3 is 1.92 bits per heavy atom. The van der Waals surface area contributed by atoms with E-state index in [2.05, 4.69) is 12.6 Å². The summed E-state index contributed by atoms with van der Waals surface area (Å²) >= 11 is 4.10. The van der Waals surface area contributed by atoms with Gasteiger partial charge in [0.2, 0.25) is 0 Å². The molecule has 0 aromatic carbocycles. The smallest absolute Gasteiger partial charge is 0.475 e. The second-order valence-electron chi connectivity index (χ2n) is 2.23. The zero-order valence-corrected chi connectivity index (χ0v) is 7.90. The van der Waals surface area contributed by atoms with Crippen LogP contribution in [0.3, 0.4) is 0 Å². The van der Waals surface area contributed by atoms with E-state index in [1.807, 2.05) is 6.92 Å². The van der Waals surface area contributed by atoms with E-state index in [0.717, 1.165) is 13.0 Å². The summed E-state index contributed by atoms with van der Waals surface area (Å²) in [6.07, 6.45) is -4.07. The fourth-order valence-electron chi connectivity index (χ4n) is 0.241. The van der Waals surface area contributed by atoms with Crippen molar-refractivity contribution >= 4 is 18.6 Å². The zero-order valence-electron chi connectivity index (χ0n) is 7.01. The van der Waals surface area contributed by atoms with Gasteiger partial charge in [-0.05, 0) is 13.0 Å². The molecule has 0 saturated heterocycles. The van der Waals surface area contributed by atoms with Gasteiger partial charge in [-0.3, -0.25) is 0 Å². The minimum absolute atomic E-state index is 0.468. The number of halogens is 3. The molecule has 0 bridgehead atoms. The van der Waals surface area contributed by atoms with Crippen LogP contribution in [0.1, 0.15) is 13.3 Å². The van der Waals surface area contributed by atoms with Crippen molar-refractivity contribution < 1.29 is 23.1 Å². The largest absolute Gasteiger partial charge is 0.490 e. The average molecular weight is 219 g/mol. The lowest BCUT2D eigenvalue weighted by atomic mass is 10.3. The fraction of sp³-hybridized carbons (Fsp3) is 0.833. The fourth-order valence-corrected chi connectivity index (χ4v) is 0.390. The van der Waals surface area contributed by atoms with Crippen LogP contribution in [0, 0.1) is 0 Å². The maximum absolute atomic E-state index is 10.6. The maximum atomic E-state index is 10.6. The highest BCUT2D eigenvalue weighted by molar-refractivity contribution is 7.80. The minimum atomic E-state index is -5.08. The third-order valence-corrected chi connectivity index (χ3v) is 1.09. The standard InChI is InChI=1S/C4H11NS.C2HF3O2/c1-4(6)2-3-5;3-2(4,5)1(6)7/h4,6H,2-3,5H2,1H3;(H,6,7). The molecule has 0 aliphatic heterocycles. The van der Waals surface area contributed by atoms with Gasteiger partial charge in [0.15, 0.2) is 0 Å². The molecule has 0 fully saturated rings. The molecule has 0 aliphatic carbocycles. The summed E-state index contributed by atoms with van der Waals surface area (Å²) in [4.78, 5) is 8.90. The monoisotopic (exact) mass is 219 g/mol. The topological polar surface area (TPSA) is 63.3 Å². The van der Waals surface area contributed by atoms with Gasteiger partial charge in [0, 0.05) is 5.25 Å². The lowest BCUT2D eigenvalue weighted by Gasteiger charge is -1.95. The van der Waals surface area contributed by atoms with Gasteiger partial charge in [-0.2, -0.15) is 25.8 Å². The number of carbonyl (C=O) groups is 1. The highest BCUT2D eigenvalue weighted by Gasteiger charge is 2.38. The third-order valence-electron chi connectivity index (χ3n) is 0.827. The van der Waals surface area contributed by atoms with Crippen LogP contribution in [-0.4, -0.2) is 29.0 Å². The van der Waals surface area contributed by atoms with E-state index in [1.165, 1.54) is 0 Å². The summed E-state index contributed by atoms with van der Waals surface area (Å²) in [5.41, 5.74) is 5.18. The SMILES string of the molecule is CC(S)CCN.O=C(O)C(F)(F)F. The molecule has 0 spiro atoms. The predicted octanol–water partition coefficient (Wildman–Crippen LogP) is 1.29. The van der Waals surface area contributed by atoms with E-state index in [4.69, 9.17) is 15.6 Å². The van der Waals surface area contributed by atoms with Crippen LogP contribution in [-0.2, 0) is 4.79 Å². The molecule has 0 radical (unpaired) electrons. The van der Waals surface area contributed by atoms with Gasteiger partial charge in [-0.15, -0.1) is 0 Å². The molecule has 0 saturated carbocycles. The Labute approximate surface area is 79.5 Å². The van der Waals surface area contributed by atoms with E-state index in [0.29, 0.717) is 5.25 Å². The Hall–Kier alpha value is -0.430. The van der Waals surface area contributed by atoms with Crippen molar-refractivity contribution in [1.29, 1.82) is 0 Å². The van der Waals surface area contributed by atoms with Crippen LogP contribution in [0.2, 0.25) is 0 Å². The van der Waals surface area contributed by atoms with Gasteiger partial charge in [-0.25, -0.2) is 4.79 Å². The first-order chi connectivity index (χ1) is 5.71. The molecule has 7 heteroatoms. The summed E-state index contributed by atoms with van der Waals surface area (Å²) in [6, 6.07) is 0. The van der Waals surface area contributed by atoms with Gasteiger partial charge in [0.25, 0.3) is 0 Å². The highest BCUT2D eigenvalue weighted by atomic mass is 32.1. The van der Waals surface area contributed by atoms with Gasteiger partial charge >= 0.3 is 12.1 Å². The van der Waals surface area contributed by atoms with Crippen LogP contribution < -0.4 is 5.73 Å². The number of aliphatic carboxylic acids is 1. The van der Waals surface area contributed by atoms with Crippen LogP contribution >= 0.6 is 12.6 Å². The van der Waals surface area contributed by atoms with Crippen molar-refractivity contribution in [3.63, 3.8) is 0 Å². The molecule has 0 aromatic rings. The first-order valence-corrected chi connectivity index (χ1v) is 3.91. The van der Waals surface area contributed by atoms with Crippen LogP contribution in [0.4, 0.5) is 13.2 Å². The van der Waals surface area contributed by atoms with Crippen molar-refractivity contribution in [2.75, 3.05) is 6.54 Å². The van der Waals surface area contributed by atoms with E-state index in [-0.39, 0.29) is 0 Å². The number of hydrogen-bond donors (Lipinski definition) is 3. The van der Waals surface area contributed by atoms with Crippen molar-refractivity contribution in [1.82, 2.24) is 0 Å². The predicted molar refractivity (Wildman–Crippen MR) is 45.8 cm³/mol. The molecule has 80 valence electrons. The molecule has 0 heterocycles. The van der Waals surface area contributed by atoms with E-state index < -0.39 is 12.1 Å². The quantitative estimate of drug-likeness (QED) is 0.613. The van der Waals surface area contributed by atoms with Crippen LogP contribution in [0.5, 0.6) is 0 Å². The van der Waals surface area contributed by atoms with E-state index in [1.54, 1.807) is 0 Å². The van der Waals surface area contributed by atoms with Crippen molar-refractivity contribution in [2.45, 2.75) is 24.8 Å². The number of rotatable bonds is 2. The molecule has 1 unspecified atom stereocenters. The maximum Gasteiger partial charge on any atom is 0.490 e. The normalized spacial score (nSPS) is 12.8. The molecule has 3 N–H and O–H groups in total. The molecule has 13 heavy (non-hydrogen) atoms. The number of thiol groups is 1. The van der Waals surface area contributed by atoms with Gasteiger partial charge in [-0.1, -0.05) is 6.92 Å². The van der Waals surface area contributed by atoms with Crippen LogP contribution in [0.15, 0.2) is 0 Å². The second-order valence-corrected chi connectivity index (χ2v) is 3.11.